The summed E-state index contributed by atoms with van der Waals surface area (Å²) < 4.78 is 27.3. The number of anilines is 1. The monoisotopic (exact) mass is 327 g/mol. The van der Waals surface area contributed by atoms with Gasteiger partial charge in [0.15, 0.2) is 6.23 Å². The molecule has 0 bridgehead atoms. The van der Waals surface area contributed by atoms with Crippen molar-refractivity contribution < 1.29 is 57.9 Å². The molecule has 0 aliphatic carbocycles. The Morgan fingerprint density at radius 3 is 2.76 bits per heavy atom. The van der Waals surface area contributed by atoms with Crippen LogP contribution in [0.5, 0.6) is 0 Å². The molecular weight excluding hydrogens is 316 g/mol. The molecule has 0 saturated carbocycles. The van der Waals surface area contributed by atoms with Gasteiger partial charge >= 0.3 is 35.2 Å². The number of aromatic nitrogens is 2. The normalized spacial score (nSPS) is 38.0. The fourth-order valence-corrected chi connectivity index (χ4v) is 3.39. The Labute approximate surface area is 140 Å². The number of ether oxygens (including phenoxy) is 1. The number of rotatable bonds is 2. The maximum atomic E-state index is 11.8. The number of fused-ring (bicyclic) bond motifs is 1. The summed E-state index contributed by atoms with van der Waals surface area (Å²) in [7, 11) is -4.46. The topological polar surface area (TPSA) is 149 Å². The standard InChI is InChI=1S/C9H12N3O7P.Na/c10-5-1-2-12(9(14)11-5)8-7-6(4(3-13)17-8)18-20(15,16)19-7;/h1-2,4,6-8,13H,3H2,(H,15,16)(H2,10,11,14);/q;+1/p-1/t4-,6-,7-,8-;/m1./s1. The molecule has 10 nitrogen and oxygen atoms in total. The smallest absolute Gasteiger partial charge is 0.756 e. The first-order valence-corrected chi connectivity index (χ1v) is 7.16. The van der Waals surface area contributed by atoms with E-state index in [-0.39, 0.29) is 35.4 Å². The Balaban J connectivity index is 0.00000161. The van der Waals surface area contributed by atoms with Gasteiger partial charge in [-0.15, -0.1) is 0 Å². The second-order valence-electron chi connectivity index (χ2n) is 4.38. The van der Waals surface area contributed by atoms with E-state index in [4.69, 9.17) is 19.5 Å². The summed E-state index contributed by atoms with van der Waals surface area (Å²) in [5.74, 6) is 0.0255. The van der Waals surface area contributed by atoms with E-state index < -0.39 is 44.7 Å². The van der Waals surface area contributed by atoms with Crippen LogP contribution in [0.2, 0.25) is 0 Å². The SMILES string of the molecule is Nc1ccn([C@@H]2O[C@H](CO)[C@H]3OP(=O)([O-])O[C@H]32)c(=O)n1.[Na+]. The Kier molecular flexibility index (Phi) is 4.94. The van der Waals surface area contributed by atoms with Gasteiger partial charge in [-0.05, 0) is 6.07 Å². The molecule has 0 aromatic carbocycles. The van der Waals surface area contributed by atoms with E-state index in [1.807, 2.05) is 0 Å². The second kappa shape index (κ2) is 6.07. The Bertz CT molecular complexity index is 640. The number of hydrogen-bond donors (Lipinski definition) is 2. The minimum Gasteiger partial charge on any atom is -0.756 e. The van der Waals surface area contributed by atoms with Crippen LogP contribution in [0, 0.1) is 0 Å². The number of nitrogen functional groups attached to an aromatic ring is 1. The fraction of sp³-hybridized carbons (Fsp3) is 0.556. The second-order valence-corrected chi connectivity index (χ2v) is 5.69. The third-order valence-electron chi connectivity index (χ3n) is 3.09. The molecule has 1 aromatic rings. The number of phosphoric acid groups is 1. The van der Waals surface area contributed by atoms with E-state index in [2.05, 4.69) is 4.98 Å². The van der Waals surface area contributed by atoms with Crippen LogP contribution in [0.3, 0.4) is 0 Å². The van der Waals surface area contributed by atoms with Gasteiger partial charge in [-0.2, -0.15) is 4.98 Å². The number of aliphatic hydroxyl groups excluding tert-OH is 1. The van der Waals surface area contributed by atoms with Crippen LogP contribution in [0.15, 0.2) is 17.1 Å². The van der Waals surface area contributed by atoms with E-state index in [0.717, 1.165) is 4.57 Å². The summed E-state index contributed by atoms with van der Waals surface area (Å²) in [4.78, 5) is 26.6. The van der Waals surface area contributed by atoms with Gasteiger partial charge in [-0.3, -0.25) is 9.13 Å². The first-order chi connectivity index (χ1) is 9.41. The average molecular weight is 327 g/mol. The minimum absolute atomic E-state index is 0. The largest absolute Gasteiger partial charge is 1.00 e. The van der Waals surface area contributed by atoms with Crippen molar-refractivity contribution in [1.82, 2.24) is 9.55 Å². The molecule has 21 heavy (non-hydrogen) atoms. The maximum absolute atomic E-state index is 11.8. The summed E-state index contributed by atoms with van der Waals surface area (Å²) >= 11 is 0. The summed E-state index contributed by atoms with van der Waals surface area (Å²) in [6.07, 6.45) is -2.73. The molecule has 1 aromatic heterocycles. The molecule has 0 amide bonds. The van der Waals surface area contributed by atoms with Gasteiger partial charge in [0.2, 0.25) is 0 Å². The van der Waals surface area contributed by atoms with Crippen molar-refractivity contribution in [2.75, 3.05) is 12.3 Å². The maximum Gasteiger partial charge on any atom is 1.00 e. The molecule has 2 aliphatic heterocycles. The Morgan fingerprint density at radius 2 is 2.14 bits per heavy atom. The predicted octanol–water partition coefficient (Wildman–Crippen LogP) is -5.03. The summed E-state index contributed by atoms with van der Waals surface area (Å²) in [6, 6.07) is 1.36. The molecule has 1 unspecified atom stereocenters. The molecule has 110 valence electrons. The molecule has 3 N–H and O–H groups in total. The van der Waals surface area contributed by atoms with Crippen LogP contribution in [-0.4, -0.2) is 39.6 Å². The van der Waals surface area contributed by atoms with Gasteiger partial charge in [0.05, 0.1) is 6.61 Å². The molecule has 2 aliphatic rings. The van der Waals surface area contributed by atoms with Crippen LogP contribution in [-0.2, 0) is 18.3 Å². The Morgan fingerprint density at radius 1 is 1.48 bits per heavy atom. The van der Waals surface area contributed by atoms with Crippen molar-refractivity contribution in [2.45, 2.75) is 24.5 Å². The fourth-order valence-electron chi connectivity index (χ4n) is 2.26. The van der Waals surface area contributed by atoms with Gasteiger partial charge in [0, 0.05) is 6.20 Å². The van der Waals surface area contributed by atoms with E-state index in [1.165, 1.54) is 12.3 Å². The molecule has 0 spiro atoms. The van der Waals surface area contributed by atoms with Crippen molar-refractivity contribution in [3.63, 3.8) is 0 Å². The average Bonchev–Trinajstić information content (AvgIpc) is 2.83. The van der Waals surface area contributed by atoms with Crippen molar-refractivity contribution in [3.8, 4) is 0 Å². The molecule has 12 heteroatoms. The van der Waals surface area contributed by atoms with E-state index >= 15 is 0 Å². The summed E-state index contributed by atoms with van der Waals surface area (Å²) in [5, 5.41) is 9.19. The predicted molar refractivity (Wildman–Crippen MR) is 61.3 cm³/mol. The van der Waals surface area contributed by atoms with E-state index in [9.17, 15) is 19.4 Å². The number of hydrogen-bond acceptors (Lipinski definition) is 9. The Hall–Kier alpha value is -0.290. The van der Waals surface area contributed by atoms with Crippen LogP contribution in [0.25, 0.3) is 0 Å². The third kappa shape index (κ3) is 3.09. The van der Waals surface area contributed by atoms with Crippen molar-refractivity contribution in [1.29, 1.82) is 0 Å². The number of nitrogens with two attached hydrogens (primary N) is 1. The van der Waals surface area contributed by atoms with Gasteiger partial charge < -0.3 is 29.5 Å². The summed E-state index contributed by atoms with van der Waals surface area (Å²) in [6.45, 7) is -0.474. The van der Waals surface area contributed by atoms with Crippen molar-refractivity contribution >= 4 is 13.6 Å². The third-order valence-corrected chi connectivity index (χ3v) is 4.10. The van der Waals surface area contributed by atoms with E-state index in [0.29, 0.717) is 0 Å². The van der Waals surface area contributed by atoms with Crippen LogP contribution < -0.4 is 45.9 Å². The molecule has 2 fully saturated rings. The molecule has 5 atom stereocenters. The van der Waals surface area contributed by atoms with Gasteiger partial charge in [-0.1, -0.05) is 0 Å². The zero-order chi connectivity index (χ0) is 14.5. The van der Waals surface area contributed by atoms with Crippen molar-refractivity contribution in [2.24, 2.45) is 0 Å². The van der Waals surface area contributed by atoms with Gasteiger partial charge in [-0.25, -0.2) is 4.79 Å². The zero-order valence-electron chi connectivity index (χ0n) is 11.0. The minimum atomic E-state index is -4.46. The summed E-state index contributed by atoms with van der Waals surface area (Å²) in [5.41, 5.74) is 4.65. The van der Waals surface area contributed by atoms with E-state index in [1.54, 1.807) is 0 Å². The first kappa shape index (κ1) is 17.1. The van der Waals surface area contributed by atoms with Gasteiger partial charge in [0.1, 0.15) is 24.1 Å². The molecule has 3 rings (SSSR count). The molecule has 3 heterocycles. The number of nitrogens with zero attached hydrogens (tertiary/aromatic N) is 2. The zero-order valence-corrected chi connectivity index (χ0v) is 13.9. The van der Waals surface area contributed by atoms with Gasteiger partial charge in [0.25, 0.3) is 7.82 Å². The quantitative estimate of drug-likeness (QED) is 0.402. The molecule has 0 radical (unpaired) electrons. The van der Waals surface area contributed by atoms with Crippen LogP contribution >= 0.6 is 7.82 Å². The molecule has 2 saturated heterocycles. The van der Waals surface area contributed by atoms with Crippen LogP contribution in [0.4, 0.5) is 5.82 Å². The van der Waals surface area contributed by atoms with Crippen molar-refractivity contribution in [3.05, 3.63) is 22.7 Å². The number of phosphoric ester groups is 1. The van der Waals surface area contributed by atoms with Crippen LogP contribution in [0.1, 0.15) is 6.23 Å². The first-order valence-electron chi connectivity index (χ1n) is 5.70. The number of aliphatic hydroxyl groups is 1. The molecular formula is C9H11N3NaO7P.